The molecular formula is C82H120O18. The van der Waals surface area contributed by atoms with Crippen LogP contribution in [0.3, 0.4) is 0 Å². The van der Waals surface area contributed by atoms with E-state index >= 15 is 0 Å². The van der Waals surface area contributed by atoms with Crippen LogP contribution in [0.1, 0.15) is 224 Å². The number of benzene rings is 5. The van der Waals surface area contributed by atoms with Crippen molar-refractivity contribution in [3.05, 3.63) is 137 Å². The van der Waals surface area contributed by atoms with Gasteiger partial charge in [-0.25, -0.2) is 0 Å². The lowest BCUT2D eigenvalue weighted by atomic mass is 9.84. The third kappa shape index (κ3) is 28.4. The first-order chi connectivity index (χ1) is 46.9. The van der Waals surface area contributed by atoms with Crippen LogP contribution >= 0.6 is 0 Å². The Labute approximate surface area is 596 Å². The number of hydrogen-bond acceptors (Lipinski definition) is 18. The van der Waals surface area contributed by atoms with E-state index in [1.165, 1.54) is 0 Å². The number of esters is 6. The van der Waals surface area contributed by atoms with Crippen molar-refractivity contribution in [3.8, 4) is 17.2 Å². The Balaban J connectivity index is 0.000000313. The summed E-state index contributed by atoms with van der Waals surface area (Å²) in [4.78, 5) is 70.8. The van der Waals surface area contributed by atoms with Gasteiger partial charge >= 0.3 is 35.8 Å². The Morgan fingerprint density at radius 1 is 0.400 bits per heavy atom. The van der Waals surface area contributed by atoms with E-state index in [1.54, 1.807) is 54.6 Å². The minimum absolute atomic E-state index is 0.00528. The molecule has 2 heterocycles. The molecule has 3 atom stereocenters. The minimum Gasteiger partial charge on any atom is -0.465 e. The predicted molar refractivity (Wildman–Crippen MR) is 390 cm³/mol. The van der Waals surface area contributed by atoms with Gasteiger partial charge in [0.15, 0.2) is 0 Å². The van der Waals surface area contributed by atoms with Crippen molar-refractivity contribution < 1.29 is 87.1 Å². The second kappa shape index (κ2) is 40.5. The van der Waals surface area contributed by atoms with Gasteiger partial charge in [0.2, 0.25) is 0 Å². The predicted octanol–water partition coefficient (Wildman–Crippen LogP) is 16.3. The molecule has 5 aromatic rings. The van der Waals surface area contributed by atoms with Crippen LogP contribution < -0.4 is 14.2 Å². The van der Waals surface area contributed by atoms with Gasteiger partial charge in [0, 0.05) is 0 Å². The zero-order chi connectivity index (χ0) is 75.3. The van der Waals surface area contributed by atoms with E-state index in [2.05, 4.69) is 6.92 Å². The number of ether oxygens (including phenoxy) is 8. The average molecular weight is 1390 g/mol. The first-order valence-electron chi connectivity index (χ1n) is 35.6. The minimum atomic E-state index is -0.476. The quantitative estimate of drug-likeness (QED) is 0.0174. The fraction of sp³-hybridized carbons (Fsp3) is 0.585. The summed E-state index contributed by atoms with van der Waals surface area (Å²) in [7, 11) is 0. The lowest BCUT2D eigenvalue weighted by Gasteiger charge is -2.40. The molecule has 100 heavy (non-hydrogen) atoms. The van der Waals surface area contributed by atoms with Crippen molar-refractivity contribution in [2.75, 3.05) is 26.4 Å². The summed E-state index contributed by atoms with van der Waals surface area (Å²) in [5, 5.41) is 37.8. The largest absolute Gasteiger partial charge is 0.465 e. The van der Waals surface area contributed by atoms with Gasteiger partial charge in [-0.05, 0) is 234 Å². The number of carbonyl (C=O) groups excluding carboxylic acids is 6. The monoisotopic (exact) mass is 1390 g/mol. The molecule has 3 aliphatic rings. The first-order valence-corrected chi connectivity index (χ1v) is 35.6. The fourth-order valence-corrected chi connectivity index (χ4v) is 8.67. The Bertz CT molecular complexity index is 3240. The number of aliphatic hydroxyl groups excluding tert-OH is 4. The van der Waals surface area contributed by atoms with E-state index in [0.717, 1.165) is 116 Å². The molecule has 0 bridgehead atoms. The Hall–Kier alpha value is -7.06. The molecule has 556 valence electrons. The molecule has 8 rings (SSSR count). The number of rotatable bonds is 26. The summed E-state index contributed by atoms with van der Waals surface area (Å²) < 4.78 is 42.6. The Morgan fingerprint density at radius 3 is 1.12 bits per heavy atom. The van der Waals surface area contributed by atoms with Crippen molar-refractivity contribution >= 4 is 46.6 Å². The van der Waals surface area contributed by atoms with Gasteiger partial charge in [0.25, 0.3) is 0 Å². The van der Waals surface area contributed by atoms with Crippen LogP contribution in [-0.2, 0) is 85.5 Å². The summed E-state index contributed by atoms with van der Waals surface area (Å²) in [6.45, 7) is 39.5. The van der Waals surface area contributed by atoms with Gasteiger partial charge in [-0.15, -0.1) is 0 Å². The lowest BCUT2D eigenvalue weighted by Crippen LogP contribution is -2.47. The van der Waals surface area contributed by atoms with Crippen LogP contribution in [0.4, 0.5) is 0 Å². The number of hydrogen-bond donors (Lipinski definition) is 4. The number of carbonyl (C=O) groups is 6. The van der Waals surface area contributed by atoms with Crippen molar-refractivity contribution in [2.45, 2.75) is 241 Å². The second-order valence-corrected chi connectivity index (χ2v) is 30.2. The van der Waals surface area contributed by atoms with Crippen molar-refractivity contribution in [3.63, 3.8) is 0 Å². The van der Waals surface area contributed by atoms with Crippen molar-refractivity contribution in [2.24, 2.45) is 43.8 Å². The standard InChI is InChI=1S/C17H20O3.C14H20O3.C13H22O3.2C13H18O3.C12H22O3/c1-4-17(2,3)16(19)20-15-8-7-13-9-12(11-18)5-6-14(13)10-15;1-4-14(2,3)13(16)17-10-12-7-5-11(9-15)6-8-12;1-4-13(2,3)12(14)15-8-9-5-6-10-11(7-9)16-10;2*1-4-13(2,3)12(15)16-11-7-5-10(9-14)6-8-11;1-5-11(3,4)10(13)15-9-12(6-2)7-14-8-12/h5-10,18H,4,11H2,1-3H3;5-8,15H,4,9-10H2,1-3H3;9-11H,4-8H2,1-3H3;2*5-8,14H,4,9H2,1-3H3;5-9H2,1-4H3. The maximum atomic E-state index is 12.0. The lowest BCUT2D eigenvalue weighted by molar-refractivity contribution is -0.178. The highest BCUT2D eigenvalue weighted by atomic mass is 16.6. The molecule has 2 aliphatic heterocycles. The molecule has 1 aliphatic carbocycles. The summed E-state index contributed by atoms with van der Waals surface area (Å²) >= 11 is 0. The van der Waals surface area contributed by atoms with Gasteiger partial charge in [0.1, 0.15) is 30.5 Å². The van der Waals surface area contributed by atoms with Crippen LogP contribution in [0, 0.1) is 43.8 Å². The zero-order valence-electron chi connectivity index (χ0n) is 63.6. The molecular weight excluding hydrogens is 1270 g/mol. The highest BCUT2D eigenvalue weighted by Crippen LogP contribution is 2.40. The van der Waals surface area contributed by atoms with E-state index in [9.17, 15) is 28.8 Å². The van der Waals surface area contributed by atoms with Crippen LogP contribution in [-0.4, -0.2) is 94.9 Å². The zero-order valence-corrected chi connectivity index (χ0v) is 63.6. The normalized spacial score (nSPS) is 16.1. The van der Waals surface area contributed by atoms with Gasteiger partial charge < -0.3 is 58.3 Å². The maximum Gasteiger partial charge on any atom is 0.316 e. The first kappa shape index (κ1) is 87.2. The second-order valence-electron chi connectivity index (χ2n) is 30.2. The van der Waals surface area contributed by atoms with Crippen molar-refractivity contribution in [1.82, 2.24) is 0 Å². The average Bonchev–Trinajstić information content (AvgIpc) is 1.77. The van der Waals surface area contributed by atoms with Crippen LogP contribution in [0.25, 0.3) is 10.8 Å². The van der Waals surface area contributed by atoms with E-state index in [1.807, 2.05) is 179 Å². The molecule has 1 saturated carbocycles. The molecule has 2 saturated heterocycles. The number of aliphatic hydroxyl groups is 4. The maximum absolute atomic E-state index is 12.0. The number of fused-ring (bicyclic) bond motifs is 2. The van der Waals surface area contributed by atoms with Gasteiger partial charge in [-0.2, -0.15) is 0 Å². The molecule has 18 heteroatoms. The smallest absolute Gasteiger partial charge is 0.316 e. The molecule has 0 aromatic heterocycles. The third-order valence-electron chi connectivity index (χ3n) is 19.7. The number of epoxide rings is 1. The van der Waals surface area contributed by atoms with Crippen LogP contribution in [0.5, 0.6) is 17.2 Å². The van der Waals surface area contributed by atoms with Crippen molar-refractivity contribution in [1.29, 1.82) is 0 Å². The third-order valence-corrected chi connectivity index (χ3v) is 19.7. The Morgan fingerprint density at radius 2 is 0.740 bits per heavy atom. The van der Waals surface area contributed by atoms with E-state index < -0.39 is 21.7 Å². The SMILES string of the molecule is CCC(C)(C)C(=O)OCC1CCC2OC2C1.CCC(C)(C)C(=O)OCc1ccc(CO)cc1.CCC(C)(C)C(=O)Oc1ccc(CO)cc1.CCC(C)(C)C(=O)Oc1ccc(CO)cc1.CCC(C)(C)C(=O)Oc1ccc2cc(CO)ccc2c1.CCC1(COC(=O)C(C)(C)CC)COC1. The molecule has 3 unspecified atom stereocenters. The Kier molecular flexibility index (Phi) is 35.3. The fourth-order valence-electron chi connectivity index (χ4n) is 8.67. The summed E-state index contributed by atoms with van der Waals surface area (Å²) in [5.74, 6) is 1.10. The summed E-state index contributed by atoms with van der Waals surface area (Å²) in [6, 6.07) is 32.3. The van der Waals surface area contributed by atoms with Crippen LogP contribution in [0.15, 0.2) is 109 Å². The highest BCUT2D eigenvalue weighted by Gasteiger charge is 2.44. The topological polar surface area (TPSA) is 260 Å². The highest BCUT2D eigenvalue weighted by molar-refractivity contribution is 5.86. The molecule has 0 spiro atoms. The van der Waals surface area contributed by atoms with Gasteiger partial charge in [-0.3, -0.25) is 28.8 Å². The molecule has 0 amide bonds. The van der Waals surface area contributed by atoms with Gasteiger partial charge in [-0.1, -0.05) is 115 Å². The molecule has 0 radical (unpaired) electrons. The molecule has 3 fully saturated rings. The molecule has 4 N–H and O–H groups in total. The van der Waals surface area contributed by atoms with Crippen LogP contribution in [0.2, 0.25) is 0 Å². The molecule has 5 aromatic carbocycles. The summed E-state index contributed by atoms with van der Waals surface area (Å²) in [5.41, 5.74) is 1.83. The van der Waals surface area contributed by atoms with Gasteiger partial charge in [0.05, 0.1) is 96.4 Å². The van der Waals surface area contributed by atoms with E-state index in [0.29, 0.717) is 48.6 Å². The van der Waals surface area contributed by atoms with E-state index in [4.69, 9.17) is 58.3 Å². The van der Waals surface area contributed by atoms with E-state index in [-0.39, 0.29) is 85.1 Å². The summed E-state index contributed by atoms with van der Waals surface area (Å²) in [6.07, 6.45) is 9.96. The molecule has 18 nitrogen and oxygen atoms in total.